The Kier molecular flexibility index (Phi) is 7.44. The number of aryl methyl sites for hydroxylation is 1. The lowest BCUT2D eigenvalue weighted by Gasteiger charge is -2.43. The van der Waals surface area contributed by atoms with Crippen LogP contribution in [0.25, 0.3) is 0 Å². The van der Waals surface area contributed by atoms with Crippen LogP contribution in [0.3, 0.4) is 0 Å². The SMILES string of the molecule is COc1ccc(N2CCN(C(=O)Cn3ccnc3C)C(Cc3ccccc3)C2)cc1OC1CCCC1. The van der Waals surface area contributed by atoms with Crippen molar-refractivity contribution in [2.45, 2.75) is 57.7 Å². The molecule has 2 aliphatic rings. The molecular formula is C29H36N4O3. The molecule has 3 aromatic rings. The number of aromatic nitrogens is 2. The zero-order valence-electron chi connectivity index (χ0n) is 21.3. The average Bonchev–Trinajstić information content (AvgIpc) is 3.56. The molecule has 2 aromatic carbocycles. The van der Waals surface area contributed by atoms with Crippen LogP contribution in [0.15, 0.2) is 60.9 Å². The van der Waals surface area contributed by atoms with Gasteiger partial charge in [-0.15, -0.1) is 0 Å². The number of imidazole rings is 1. The molecule has 0 N–H and O–H groups in total. The number of methoxy groups -OCH3 is 1. The summed E-state index contributed by atoms with van der Waals surface area (Å²) in [6.07, 6.45) is 9.35. The number of rotatable bonds is 8. The molecule has 1 aliphatic heterocycles. The summed E-state index contributed by atoms with van der Waals surface area (Å²) >= 11 is 0. The summed E-state index contributed by atoms with van der Waals surface area (Å²) in [6.45, 7) is 4.46. The number of nitrogens with zero attached hydrogens (tertiary/aromatic N) is 4. The average molecular weight is 489 g/mol. The van der Waals surface area contributed by atoms with Gasteiger partial charge in [0.25, 0.3) is 0 Å². The van der Waals surface area contributed by atoms with E-state index in [9.17, 15) is 4.79 Å². The van der Waals surface area contributed by atoms with Crippen LogP contribution in [0.4, 0.5) is 5.69 Å². The Bertz CT molecular complexity index is 1160. The summed E-state index contributed by atoms with van der Waals surface area (Å²) in [5.74, 6) is 2.58. The Morgan fingerprint density at radius 2 is 1.86 bits per heavy atom. The molecule has 1 atom stereocenters. The minimum atomic E-state index is 0.0683. The van der Waals surface area contributed by atoms with E-state index in [1.807, 2.05) is 29.8 Å². The van der Waals surface area contributed by atoms with Gasteiger partial charge in [0.1, 0.15) is 12.4 Å². The van der Waals surface area contributed by atoms with Gasteiger partial charge in [0.15, 0.2) is 11.5 Å². The van der Waals surface area contributed by atoms with Crippen molar-refractivity contribution < 1.29 is 14.3 Å². The lowest BCUT2D eigenvalue weighted by molar-refractivity contribution is -0.134. The quantitative estimate of drug-likeness (QED) is 0.468. The van der Waals surface area contributed by atoms with E-state index in [1.165, 1.54) is 18.4 Å². The van der Waals surface area contributed by atoms with Gasteiger partial charge in [-0.3, -0.25) is 4.79 Å². The van der Waals surface area contributed by atoms with E-state index in [0.717, 1.165) is 55.4 Å². The number of carbonyl (C=O) groups is 1. The van der Waals surface area contributed by atoms with Crippen molar-refractivity contribution in [1.82, 2.24) is 14.5 Å². The maximum absolute atomic E-state index is 13.4. The number of carbonyl (C=O) groups excluding carboxylic acids is 1. The van der Waals surface area contributed by atoms with Gasteiger partial charge in [-0.05, 0) is 56.7 Å². The van der Waals surface area contributed by atoms with Crippen LogP contribution in [-0.4, -0.2) is 59.2 Å². The minimum absolute atomic E-state index is 0.0683. The van der Waals surface area contributed by atoms with E-state index >= 15 is 0 Å². The van der Waals surface area contributed by atoms with Crippen LogP contribution in [0.2, 0.25) is 0 Å². The summed E-state index contributed by atoms with van der Waals surface area (Å²) in [6, 6.07) is 16.7. The van der Waals surface area contributed by atoms with E-state index in [1.54, 1.807) is 13.3 Å². The molecule has 1 unspecified atom stereocenters. The molecule has 1 amide bonds. The number of amides is 1. The lowest BCUT2D eigenvalue weighted by Crippen LogP contribution is -2.56. The summed E-state index contributed by atoms with van der Waals surface area (Å²) in [5, 5.41) is 0. The molecule has 7 nitrogen and oxygen atoms in total. The lowest BCUT2D eigenvalue weighted by atomic mass is 10.0. The van der Waals surface area contributed by atoms with Crippen molar-refractivity contribution in [2.24, 2.45) is 0 Å². The standard InChI is InChI=1S/C29H36N4O3/c1-22-30-14-15-31(22)21-29(34)33-17-16-32(20-25(33)18-23-8-4-3-5-9-23)24-12-13-27(35-2)28(19-24)36-26-10-6-7-11-26/h3-5,8-9,12-15,19,25-26H,6-7,10-11,16-18,20-21H2,1-2H3. The smallest absolute Gasteiger partial charge is 0.242 e. The van der Waals surface area contributed by atoms with Gasteiger partial charge in [0.2, 0.25) is 5.91 Å². The second-order valence-corrected chi connectivity index (χ2v) is 9.84. The highest BCUT2D eigenvalue weighted by Crippen LogP contribution is 2.36. The van der Waals surface area contributed by atoms with Crippen molar-refractivity contribution in [3.63, 3.8) is 0 Å². The Morgan fingerprint density at radius 3 is 2.58 bits per heavy atom. The van der Waals surface area contributed by atoms with Gasteiger partial charge in [0, 0.05) is 43.8 Å². The molecule has 2 heterocycles. The van der Waals surface area contributed by atoms with Gasteiger partial charge >= 0.3 is 0 Å². The third-order valence-electron chi connectivity index (χ3n) is 7.45. The number of ether oxygens (including phenoxy) is 2. The fourth-order valence-electron chi connectivity index (χ4n) is 5.43. The van der Waals surface area contributed by atoms with E-state index in [-0.39, 0.29) is 18.1 Å². The number of hydrogen-bond acceptors (Lipinski definition) is 5. The van der Waals surface area contributed by atoms with E-state index in [2.05, 4.69) is 51.2 Å². The number of piperazine rings is 1. The highest BCUT2D eigenvalue weighted by molar-refractivity contribution is 5.77. The van der Waals surface area contributed by atoms with Gasteiger partial charge in [0.05, 0.1) is 19.3 Å². The molecule has 0 bridgehead atoms. The second-order valence-electron chi connectivity index (χ2n) is 9.84. The first-order chi connectivity index (χ1) is 17.6. The maximum Gasteiger partial charge on any atom is 0.242 e. The van der Waals surface area contributed by atoms with Crippen molar-refractivity contribution in [3.05, 3.63) is 72.3 Å². The van der Waals surface area contributed by atoms with Gasteiger partial charge in [-0.2, -0.15) is 0 Å². The molecule has 1 aromatic heterocycles. The highest BCUT2D eigenvalue weighted by atomic mass is 16.5. The Hall–Kier alpha value is -3.48. The Morgan fingerprint density at radius 1 is 1.06 bits per heavy atom. The van der Waals surface area contributed by atoms with Crippen molar-refractivity contribution >= 4 is 11.6 Å². The van der Waals surface area contributed by atoms with Crippen molar-refractivity contribution in [3.8, 4) is 11.5 Å². The summed E-state index contributed by atoms with van der Waals surface area (Å²) in [5.41, 5.74) is 2.35. The monoisotopic (exact) mass is 488 g/mol. The third-order valence-corrected chi connectivity index (χ3v) is 7.45. The van der Waals surface area contributed by atoms with Gasteiger partial charge in [-0.1, -0.05) is 30.3 Å². The first kappa shape index (κ1) is 24.2. The zero-order chi connectivity index (χ0) is 24.9. The molecule has 0 radical (unpaired) electrons. The molecule has 1 saturated heterocycles. The van der Waals surface area contributed by atoms with E-state index in [4.69, 9.17) is 9.47 Å². The van der Waals surface area contributed by atoms with E-state index < -0.39 is 0 Å². The van der Waals surface area contributed by atoms with Crippen LogP contribution in [-0.2, 0) is 17.8 Å². The van der Waals surface area contributed by atoms with Crippen LogP contribution in [0.1, 0.15) is 37.1 Å². The Labute approximate surface area is 213 Å². The molecule has 0 spiro atoms. The summed E-state index contributed by atoms with van der Waals surface area (Å²) < 4.78 is 13.9. The molecule has 1 saturated carbocycles. The largest absolute Gasteiger partial charge is 0.493 e. The maximum atomic E-state index is 13.4. The van der Waals surface area contributed by atoms with Crippen LogP contribution in [0, 0.1) is 6.92 Å². The molecule has 1 aliphatic carbocycles. The highest BCUT2D eigenvalue weighted by Gasteiger charge is 2.31. The first-order valence-electron chi connectivity index (χ1n) is 13.0. The minimum Gasteiger partial charge on any atom is -0.493 e. The Balaban J connectivity index is 1.36. The normalized spacial score (nSPS) is 18.4. The van der Waals surface area contributed by atoms with Crippen LogP contribution >= 0.6 is 0 Å². The fraction of sp³-hybridized carbons (Fsp3) is 0.448. The van der Waals surface area contributed by atoms with Gasteiger partial charge in [-0.25, -0.2) is 4.98 Å². The third kappa shape index (κ3) is 5.50. The molecule has 36 heavy (non-hydrogen) atoms. The van der Waals surface area contributed by atoms with Crippen molar-refractivity contribution in [1.29, 1.82) is 0 Å². The molecular weight excluding hydrogens is 452 g/mol. The topological polar surface area (TPSA) is 59.8 Å². The number of benzene rings is 2. The van der Waals surface area contributed by atoms with E-state index in [0.29, 0.717) is 13.1 Å². The number of anilines is 1. The molecule has 190 valence electrons. The molecule has 5 rings (SSSR count). The fourth-order valence-corrected chi connectivity index (χ4v) is 5.43. The zero-order valence-corrected chi connectivity index (χ0v) is 21.3. The predicted molar refractivity (Wildman–Crippen MR) is 141 cm³/mol. The van der Waals surface area contributed by atoms with Crippen LogP contribution in [0.5, 0.6) is 11.5 Å². The summed E-state index contributed by atoms with van der Waals surface area (Å²) in [7, 11) is 1.69. The van der Waals surface area contributed by atoms with Crippen LogP contribution < -0.4 is 14.4 Å². The molecule has 7 heteroatoms. The summed E-state index contributed by atoms with van der Waals surface area (Å²) in [4.78, 5) is 22.1. The first-order valence-corrected chi connectivity index (χ1v) is 13.0. The predicted octanol–water partition coefficient (Wildman–Crippen LogP) is 4.48. The van der Waals surface area contributed by atoms with Crippen molar-refractivity contribution in [2.75, 3.05) is 31.6 Å². The molecule has 2 fully saturated rings. The number of hydrogen-bond donors (Lipinski definition) is 0. The second kappa shape index (κ2) is 11.1. The van der Waals surface area contributed by atoms with Gasteiger partial charge < -0.3 is 23.8 Å².